The van der Waals surface area contributed by atoms with E-state index < -0.39 is 5.60 Å². The lowest BCUT2D eigenvalue weighted by molar-refractivity contribution is -0.0918. The van der Waals surface area contributed by atoms with Crippen LogP contribution in [-0.2, 0) is 4.18 Å². The van der Waals surface area contributed by atoms with Crippen molar-refractivity contribution in [2.45, 2.75) is 36.9 Å². The first-order chi connectivity index (χ1) is 7.72. The van der Waals surface area contributed by atoms with Gasteiger partial charge >= 0.3 is 0 Å². The van der Waals surface area contributed by atoms with E-state index in [9.17, 15) is 5.11 Å². The van der Waals surface area contributed by atoms with Crippen LogP contribution in [0.25, 0.3) is 0 Å². The Labute approximate surface area is 101 Å². The second-order valence-electron chi connectivity index (χ2n) is 5.27. The maximum Gasteiger partial charge on any atom is 0.119 e. The van der Waals surface area contributed by atoms with Crippen molar-refractivity contribution in [3.8, 4) is 0 Å². The van der Waals surface area contributed by atoms with Crippen LogP contribution in [0.3, 0.4) is 0 Å². The average Bonchev–Trinajstić information content (AvgIpc) is 2.68. The first kappa shape index (κ1) is 10.9. The van der Waals surface area contributed by atoms with Crippen LogP contribution in [0.2, 0.25) is 0 Å². The Morgan fingerprint density at radius 1 is 1.56 bits per heavy atom. The van der Waals surface area contributed by atoms with E-state index in [1.54, 1.807) is 0 Å². The molecule has 0 unspecified atom stereocenters. The smallest absolute Gasteiger partial charge is 0.119 e. The highest BCUT2D eigenvalue weighted by molar-refractivity contribution is 7.95. The van der Waals surface area contributed by atoms with Gasteiger partial charge in [0.15, 0.2) is 0 Å². The maximum atomic E-state index is 10.8. The summed E-state index contributed by atoms with van der Waals surface area (Å²) >= 11 is 1.45. The molecule has 0 bridgehead atoms. The summed E-state index contributed by atoms with van der Waals surface area (Å²) in [6.07, 6.45) is 10.2. The van der Waals surface area contributed by atoms with Crippen molar-refractivity contribution in [3.63, 3.8) is 0 Å². The van der Waals surface area contributed by atoms with Gasteiger partial charge in [-0.25, -0.2) is 0 Å². The highest BCUT2D eigenvalue weighted by Crippen LogP contribution is 2.61. The van der Waals surface area contributed by atoms with E-state index in [1.165, 1.54) is 12.0 Å². The second kappa shape index (κ2) is 3.62. The molecule has 3 heteroatoms. The Morgan fingerprint density at radius 2 is 2.44 bits per heavy atom. The molecule has 3 rings (SSSR count). The SMILES string of the molecule is C=CC[C@@H]1C[C@]2(O)CSO[C@@]23CC=CC[C@H]13. The van der Waals surface area contributed by atoms with Crippen molar-refractivity contribution in [3.05, 3.63) is 24.8 Å². The van der Waals surface area contributed by atoms with Crippen molar-refractivity contribution >= 4 is 12.0 Å². The molecule has 3 aliphatic rings. The lowest BCUT2D eigenvalue weighted by Crippen LogP contribution is -2.52. The van der Waals surface area contributed by atoms with Crippen molar-refractivity contribution in [2.75, 3.05) is 5.75 Å². The van der Waals surface area contributed by atoms with Gasteiger partial charge in [-0.2, -0.15) is 0 Å². The Morgan fingerprint density at radius 3 is 3.25 bits per heavy atom. The maximum absolute atomic E-state index is 10.8. The van der Waals surface area contributed by atoms with Crippen LogP contribution in [-0.4, -0.2) is 22.1 Å². The molecule has 2 fully saturated rings. The molecule has 2 aliphatic carbocycles. The molecule has 16 heavy (non-hydrogen) atoms. The number of aliphatic hydroxyl groups is 1. The largest absolute Gasteiger partial charge is 0.386 e. The summed E-state index contributed by atoms with van der Waals surface area (Å²) in [4.78, 5) is 0. The number of hydrogen-bond donors (Lipinski definition) is 1. The monoisotopic (exact) mass is 238 g/mol. The van der Waals surface area contributed by atoms with Crippen LogP contribution in [0.5, 0.6) is 0 Å². The Kier molecular flexibility index (Phi) is 2.46. The summed E-state index contributed by atoms with van der Waals surface area (Å²) < 4.78 is 5.93. The minimum atomic E-state index is -0.610. The predicted molar refractivity (Wildman–Crippen MR) is 66.0 cm³/mol. The number of hydrogen-bond acceptors (Lipinski definition) is 3. The highest BCUT2D eigenvalue weighted by Gasteiger charge is 2.67. The molecule has 0 radical (unpaired) electrons. The van der Waals surface area contributed by atoms with Gasteiger partial charge < -0.3 is 9.29 Å². The molecule has 1 N–H and O–H groups in total. The third kappa shape index (κ3) is 1.22. The first-order valence-electron chi connectivity index (χ1n) is 6.01. The molecule has 1 spiro atoms. The summed E-state index contributed by atoms with van der Waals surface area (Å²) in [7, 11) is 0. The summed E-state index contributed by atoms with van der Waals surface area (Å²) in [6, 6.07) is 0. The number of allylic oxidation sites excluding steroid dienone is 2. The zero-order chi connectivity index (χ0) is 11.2. The van der Waals surface area contributed by atoms with Crippen molar-refractivity contribution < 1.29 is 9.29 Å². The first-order valence-corrected chi connectivity index (χ1v) is 6.92. The van der Waals surface area contributed by atoms with Crippen LogP contribution >= 0.6 is 12.0 Å². The third-order valence-corrected chi connectivity index (χ3v) is 5.52. The van der Waals surface area contributed by atoms with Gasteiger partial charge in [0.25, 0.3) is 0 Å². The summed E-state index contributed by atoms with van der Waals surface area (Å²) in [5.74, 6) is 1.73. The minimum Gasteiger partial charge on any atom is -0.386 e. The molecule has 0 aromatic rings. The van der Waals surface area contributed by atoms with E-state index in [0.717, 1.165) is 31.4 Å². The second-order valence-corrected chi connectivity index (χ2v) is 5.96. The molecule has 4 atom stereocenters. The Hall–Kier alpha value is -0.250. The molecule has 1 saturated carbocycles. The lowest BCUT2D eigenvalue weighted by atomic mass is 9.73. The third-order valence-electron chi connectivity index (χ3n) is 4.51. The fourth-order valence-corrected chi connectivity index (χ4v) is 4.92. The van der Waals surface area contributed by atoms with Gasteiger partial charge in [0.05, 0.1) is 5.75 Å². The van der Waals surface area contributed by atoms with Crippen molar-refractivity contribution in [2.24, 2.45) is 11.8 Å². The van der Waals surface area contributed by atoms with E-state index >= 15 is 0 Å². The molecular formula is C13H18O2S. The molecule has 1 aliphatic heterocycles. The van der Waals surface area contributed by atoms with Crippen molar-refractivity contribution in [1.29, 1.82) is 0 Å². The van der Waals surface area contributed by atoms with Gasteiger partial charge in [-0.15, -0.1) is 6.58 Å². The molecule has 0 aromatic heterocycles. The van der Waals surface area contributed by atoms with Crippen LogP contribution < -0.4 is 0 Å². The van der Waals surface area contributed by atoms with Gasteiger partial charge in [0.2, 0.25) is 0 Å². The molecule has 0 amide bonds. The van der Waals surface area contributed by atoms with Crippen LogP contribution in [0.1, 0.15) is 25.7 Å². The van der Waals surface area contributed by atoms with Gasteiger partial charge in [0.1, 0.15) is 11.2 Å². The van der Waals surface area contributed by atoms with E-state index in [2.05, 4.69) is 18.7 Å². The molecule has 1 heterocycles. The van der Waals surface area contributed by atoms with Crippen LogP contribution in [0.15, 0.2) is 24.8 Å². The zero-order valence-corrected chi connectivity index (χ0v) is 10.2. The van der Waals surface area contributed by atoms with Gasteiger partial charge in [-0.05, 0) is 49.6 Å². The molecule has 1 saturated heterocycles. The van der Waals surface area contributed by atoms with Gasteiger partial charge in [-0.3, -0.25) is 0 Å². The van der Waals surface area contributed by atoms with E-state index in [-0.39, 0.29) is 5.60 Å². The van der Waals surface area contributed by atoms with E-state index in [4.69, 9.17) is 4.18 Å². The van der Waals surface area contributed by atoms with E-state index in [0.29, 0.717) is 11.8 Å². The molecular weight excluding hydrogens is 220 g/mol. The topological polar surface area (TPSA) is 29.5 Å². The van der Waals surface area contributed by atoms with Gasteiger partial charge in [-0.1, -0.05) is 18.2 Å². The van der Waals surface area contributed by atoms with Crippen molar-refractivity contribution in [1.82, 2.24) is 0 Å². The summed E-state index contributed by atoms with van der Waals surface area (Å²) in [5.41, 5.74) is -0.916. The van der Waals surface area contributed by atoms with E-state index in [1.807, 2.05) is 6.08 Å². The van der Waals surface area contributed by atoms with Gasteiger partial charge in [0, 0.05) is 0 Å². The average molecular weight is 238 g/mol. The number of rotatable bonds is 2. The van der Waals surface area contributed by atoms with Crippen LogP contribution in [0.4, 0.5) is 0 Å². The summed E-state index contributed by atoms with van der Waals surface area (Å²) in [5, 5.41) is 10.8. The standard InChI is InChI=1S/C13H18O2S/c1-2-5-10-8-12(14)9-16-15-13(12)7-4-3-6-11(10)13/h2-4,10-11,14H,1,5-9H2/t10-,11-,12+,13-/m1/s1. The predicted octanol–water partition coefficient (Wildman–Crippen LogP) is 2.70. The Bertz CT molecular complexity index is 341. The Balaban J connectivity index is 1.98. The molecule has 0 aromatic carbocycles. The zero-order valence-electron chi connectivity index (χ0n) is 9.39. The fourth-order valence-electron chi connectivity index (χ4n) is 3.75. The molecule has 88 valence electrons. The van der Waals surface area contributed by atoms with Crippen LogP contribution in [0, 0.1) is 11.8 Å². The highest BCUT2D eigenvalue weighted by atomic mass is 32.2. The minimum absolute atomic E-state index is 0.305. The lowest BCUT2D eigenvalue weighted by Gasteiger charge is -2.39. The quantitative estimate of drug-likeness (QED) is 0.592. The normalized spacial score (nSPS) is 50.1. The fraction of sp³-hybridized carbons (Fsp3) is 0.692. The molecule has 2 nitrogen and oxygen atoms in total. The summed E-state index contributed by atoms with van der Waals surface area (Å²) in [6.45, 7) is 3.83.